The molecule has 240 valence electrons. The van der Waals surface area contributed by atoms with Gasteiger partial charge in [-0.1, -0.05) is 127 Å². The van der Waals surface area contributed by atoms with E-state index in [1.165, 1.54) is 31.5 Å². The molecule has 0 atom stereocenters. The van der Waals surface area contributed by atoms with Crippen LogP contribution in [0.4, 0.5) is 0 Å². The maximum absolute atomic E-state index is 6.41. The third-order valence-corrected chi connectivity index (χ3v) is 15.0. The van der Waals surface area contributed by atoms with E-state index >= 15 is 0 Å². The molecular formula is C46H31N3OSi. The van der Waals surface area contributed by atoms with E-state index in [1.807, 2.05) is 36.7 Å². The minimum absolute atomic E-state index is 0.868. The lowest BCUT2D eigenvalue weighted by Crippen LogP contribution is -2.74. The highest BCUT2D eigenvalue weighted by atomic mass is 28.3. The lowest BCUT2D eigenvalue weighted by atomic mass is 10.1. The molecule has 0 aliphatic carbocycles. The van der Waals surface area contributed by atoms with Gasteiger partial charge in [-0.3, -0.25) is 9.55 Å². The van der Waals surface area contributed by atoms with Gasteiger partial charge < -0.3 is 4.42 Å². The Morgan fingerprint density at radius 3 is 1.82 bits per heavy atom. The van der Waals surface area contributed by atoms with Crippen molar-refractivity contribution in [2.45, 2.75) is 0 Å². The number of benzene rings is 6. The first-order valence-corrected chi connectivity index (χ1v) is 19.2. The zero-order chi connectivity index (χ0) is 33.8. The van der Waals surface area contributed by atoms with Gasteiger partial charge in [0.1, 0.15) is 17.0 Å². The topological polar surface area (TPSA) is 43.9 Å². The first-order valence-electron chi connectivity index (χ1n) is 17.2. The summed E-state index contributed by atoms with van der Waals surface area (Å²) in [5.74, 6) is 0.869. The highest BCUT2D eigenvalue weighted by molar-refractivity contribution is 7.20. The molecule has 4 nitrogen and oxygen atoms in total. The van der Waals surface area contributed by atoms with Crippen LogP contribution in [-0.2, 0) is 0 Å². The van der Waals surface area contributed by atoms with Crippen molar-refractivity contribution in [1.82, 2.24) is 14.5 Å². The quantitative estimate of drug-likeness (QED) is 0.132. The molecule has 0 unspecified atom stereocenters. The van der Waals surface area contributed by atoms with E-state index in [0.29, 0.717) is 0 Å². The first kappa shape index (κ1) is 29.4. The van der Waals surface area contributed by atoms with Crippen molar-refractivity contribution in [3.05, 3.63) is 188 Å². The standard InChI is InChI=1S/C46H31N3OSi/c1-3-15-33(16-4-1)51(34-17-5-2-6-18-34,35-19-13-14-32(28-35)41-21-9-11-26-47-41)36-24-25-37-39-30-40-38-20-7-8-22-44(38)50-45(40)31-43(39)49(42(37)29-36)46-23-10-12-27-48-46/h1-31H. The van der Waals surface area contributed by atoms with Gasteiger partial charge >= 0.3 is 0 Å². The highest BCUT2D eigenvalue weighted by Crippen LogP contribution is 2.38. The van der Waals surface area contributed by atoms with Crippen LogP contribution in [0.25, 0.3) is 60.8 Å². The van der Waals surface area contributed by atoms with E-state index in [0.717, 1.165) is 50.0 Å². The monoisotopic (exact) mass is 669 g/mol. The fourth-order valence-electron chi connectivity index (χ4n) is 8.02. The second-order valence-corrected chi connectivity index (χ2v) is 16.8. The average molecular weight is 670 g/mol. The van der Waals surface area contributed by atoms with Gasteiger partial charge in [-0.15, -0.1) is 0 Å². The molecule has 0 saturated heterocycles. The Balaban J connectivity index is 1.33. The number of hydrogen-bond acceptors (Lipinski definition) is 3. The number of nitrogens with zero attached hydrogens (tertiary/aromatic N) is 3. The summed E-state index contributed by atoms with van der Waals surface area (Å²) < 4.78 is 8.72. The second-order valence-electron chi connectivity index (χ2n) is 13.0. The zero-order valence-corrected chi connectivity index (χ0v) is 28.6. The lowest BCUT2D eigenvalue weighted by Gasteiger charge is -2.34. The van der Waals surface area contributed by atoms with Crippen LogP contribution in [0.15, 0.2) is 193 Å². The molecule has 0 radical (unpaired) electrons. The molecule has 10 rings (SSSR count). The largest absolute Gasteiger partial charge is 0.456 e. The molecule has 0 amide bonds. The number of pyridine rings is 2. The fraction of sp³-hybridized carbons (Fsp3) is 0. The lowest BCUT2D eigenvalue weighted by molar-refractivity contribution is 0.669. The average Bonchev–Trinajstić information content (AvgIpc) is 3.73. The van der Waals surface area contributed by atoms with E-state index < -0.39 is 8.07 Å². The first-order chi connectivity index (χ1) is 25.3. The Bertz CT molecular complexity index is 2810. The molecular weight excluding hydrogens is 639 g/mol. The Hall–Kier alpha value is -6.56. The predicted molar refractivity (Wildman–Crippen MR) is 213 cm³/mol. The van der Waals surface area contributed by atoms with Gasteiger partial charge in [0.05, 0.1) is 16.7 Å². The van der Waals surface area contributed by atoms with Crippen LogP contribution in [0.2, 0.25) is 0 Å². The number of fused-ring (bicyclic) bond motifs is 6. The smallest absolute Gasteiger partial charge is 0.179 e. The third kappa shape index (κ3) is 4.59. The molecule has 4 aromatic heterocycles. The molecule has 10 aromatic rings. The number of furan rings is 1. The van der Waals surface area contributed by atoms with Crippen molar-refractivity contribution in [3.8, 4) is 17.1 Å². The van der Waals surface area contributed by atoms with Crippen molar-refractivity contribution in [2.75, 3.05) is 0 Å². The number of aromatic nitrogens is 3. The van der Waals surface area contributed by atoms with E-state index in [4.69, 9.17) is 14.4 Å². The van der Waals surface area contributed by atoms with Gasteiger partial charge in [-0.25, -0.2) is 4.98 Å². The van der Waals surface area contributed by atoms with E-state index in [2.05, 4.69) is 156 Å². The Kier molecular flexibility index (Phi) is 6.79. The molecule has 0 aliphatic rings. The van der Waals surface area contributed by atoms with Crippen molar-refractivity contribution < 1.29 is 4.42 Å². The molecule has 0 saturated carbocycles. The van der Waals surface area contributed by atoms with Crippen molar-refractivity contribution in [3.63, 3.8) is 0 Å². The van der Waals surface area contributed by atoms with E-state index in [9.17, 15) is 0 Å². The molecule has 6 aromatic carbocycles. The molecule has 51 heavy (non-hydrogen) atoms. The minimum Gasteiger partial charge on any atom is -0.456 e. The molecule has 0 N–H and O–H groups in total. The van der Waals surface area contributed by atoms with Crippen LogP contribution in [0, 0.1) is 0 Å². The minimum atomic E-state index is -2.91. The Labute approximate surface area is 295 Å². The fourth-order valence-corrected chi connectivity index (χ4v) is 12.8. The SMILES string of the molecule is c1ccc([Si](c2ccccc2)(c2cccc(-c3ccccn3)c2)c2ccc3c4cc5c(cc4n(-c4ccccn4)c3c2)oc2ccccc25)cc1. The van der Waals surface area contributed by atoms with Gasteiger partial charge in [0, 0.05) is 45.6 Å². The summed E-state index contributed by atoms with van der Waals surface area (Å²) in [7, 11) is -2.91. The summed E-state index contributed by atoms with van der Waals surface area (Å²) >= 11 is 0. The van der Waals surface area contributed by atoms with Crippen LogP contribution < -0.4 is 20.7 Å². The molecule has 0 bridgehead atoms. The van der Waals surface area contributed by atoms with Crippen LogP contribution >= 0.6 is 0 Å². The summed E-state index contributed by atoms with van der Waals surface area (Å²) in [5, 5.41) is 9.81. The second kappa shape index (κ2) is 11.8. The van der Waals surface area contributed by atoms with Gasteiger partial charge in [-0.05, 0) is 63.2 Å². The summed E-state index contributed by atoms with van der Waals surface area (Å²) in [5.41, 5.74) is 6.01. The van der Waals surface area contributed by atoms with Gasteiger partial charge in [0.15, 0.2) is 8.07 Å². The highest BCUT2D eigenvalue weighted by Gasteiger charge is 2.42. The Morgan fingerprint density at radius 2 is 1.08 bits per heavy atom. The number of para-hydroxylation sites is 1. The van der Waals surface area contributed by atoms with Gasteiger partial charge in [0.2, 0.25) is 0 Å². The van der Waals surface area contributed by atoms with Crippen LogP contribution in [0.5, 0.6) is 0 Å². The molecule has 4 heterocycles. The van der Waals surface area contributed by atoms with Crippen molar-refractivity contribution in [2.24, 2.45) is 0 Å². The van der Waals surface area contributed by atoms with Crippen molar-refractivity contribution >= 4 is 72.6 Å². The summed E-state index contributed by atoms with van der Waals surface area (Å²) in [6.45, 7) is 0. The molecule has 0 spiro atoms. The summed E-state index contributed by atoms with van der Waals surface area (Å²) in [6, 6.07) is 63.3. The Morgan fingerprint density at radius 1 is 0.412 bits per heavy atom. The van der Waals surface area contributed by atoms with Crippen LogP contribution in [0.1, 0.15) is 0 Å². The molecule has 5 heteroatoms. The van der Waals surface area contributed by atoms with Crippen molar-refractivity contribution in [1.29, 1.82) is 0 Å². The zero-order valence-electron chi connectivity index (χ0n) is 27.6. The summed E-state index contributed by atoms with van der Waals surface area (Å²) in [6.07, 6.45) is 3.73. The van der Waals surface area contributed by atoms with Gasteiger partial charge in [-0.2, -0.15) is 0 Å². The third-order valence-electron chi connectivity index (χ3n) is 10.2. The molecule has 0 fully saturated rings. The van der Waals surface area contributed by atoms with Crippen LogP contribution in [-0.4, -0.2) is 22.6 Å². The number of rotatable bonds is 6. The van der Waals surface area contributed by atoms with Crippen LogP contribution in [0.3, 0.4) is 0 Å². The van der Waals surface area contributed by atoms with E-state index in [-0.39, 0.29) is 0 Å². The normalized spacial score (nSPS) is 11.9. The molecule has 0 aliphatic heterocycles. The van der Waals surface area contributed by atoms with Gasteiger partial charge in [0.25, 0.3) is 0 Å². The van der Waals surface area contributed by atoms with E-state index in [1.54, 1.807) is 0 Å². The maximum Gasteiger partial charge on any atom is 0.179 e. The maximum atomic E-state index is 6.41. The predicted octanol–water partition coefficient (Wildman–Crippen LogP) is 8.52. The summed E-state index contributed by atoms with van der Waals surface area (Å²) in [4.78, 5) is 9.63. The number of hydrogen-bond donors (Lipinski definition) is 0.